The maximum atomic E-state index is 13.3. The molecule has 5 aliphatic rings. The lowest BCUT2D eigenvalue weighted by Crippen LogP contribution is -2.59. The van der Waals surface area contributed by atoms with Gasteiger partial charge in [-0.05, 0) is 109 Å². The van der Waals surface area contributed by atoms with Crippen molar-refractivity contribution in [3.63, 3.8) is 0 Å². The van der Waals surface area contributed by atoms with Crippen LogP contribution in [0.15, 0.2) is 35.9 Å². The van der Waals surface area contributed by atoms with Crippen molar-refractivity contribution in [3.05, 3.63) is 41.5 Å². The normalized spacial score (nSPS) is 35.1. The molecule has 12 nitrogen and oxygen atoms in total. The van der Waals surface area contributed by atoms with E-state index in [-0.39, 0.29) is 18.1 Å². The highest BCUT2D eigenvalue weighted by Gasteiger charge is 2.59. The third-order valence-corrected chi connectivity index (χ3v) is 15.0. The highest BCUT2D eigenvalue weighted by Crippen LogP contribution is 2.67. The van der Waals surface area contributed by atoms with E-state index in [4.69, 9.17) is 28.4 Å². The molecule has 1 saturated heterocycles. The van der Waals surface area contributed by atoms with Gasteiger partial charge < -0.3 is 28.4 Å². The van der Waals surface area contributed by atoms with E-state index in [2.05, 4.69) is 46.0 Å². The van der Waals surface area contributed by atoms with Gasteiger partial charge in [-0.3, -0.25) is 24.5 Å². The van der Waals surface area contributed by atoms with Gasteiger partial charge in [0.25, 0.3) is 0 Å². The van der Waals surface area contributed by atoms with Crippen LogP contribution in [0.2, 0.25) is 0 Å². The molecule has 0 spiro atoms. The van der Waals surface area contributed by atoms with Crippen molar-refractivity contribution < 1.29 is 52.4 Å². The Labute approximate surface area is 356 Å². The monoisotopic (exact) mass is 835 g/mol. The molecule has 1 N–H and O–H groups in total. The van der Waals surface area contributed by atoms with Crippen LogP contribution in [0.4, 0.5) is 10.5 Å². The molecule has 1 aromatic carbocycles. The molecule has 1 heterocycles. The van der Waals surface area contributed by atoms with Crippen LogP contribution < -0.4 is 5.32 Å². The van der Waals surface area contributed by atoms with Crippen molar-refractivity contribution in [2.75, 3.05) is 11.9 Å². The predicted octanol–water partition coefficient (Wildman–Crippen LogP) is 9.44. The fourth-order valence-corrected chi connectivity index (χ4v) is 12.3. The zero-order valence-corrected chi connectivity index (χ0v) is 37.3. The zero-order chi connectivity index (χ0) is 43.5. The Morgan fingerprint density at radius 1 is 0.767 bits per heavy atom. The van der Waals surface area contributed by atoms with Gasteiger partial charge in [0.2, 0.25) is 0 Å². The molecule has 0 bridgehead atoms. The molecule has 60 heavy (non-hydrogen) atoms. The van der Waals surface area contributed by atoms with E-state index in [1.54, 1.807) is 24.3 Å². The van der Waals surface area contributed by atoms with E-state index in [9.17, 15) is 24.0 Å². The second kappa shape index (κ2) is 19.0. The third-order valence-electron chi connectivity index (χ3n) is 15.0. The topological polar surface area (TPSA) is 153 Å². The average molecular weight is 836 g/mol. The van der Waals surface area contributed by atoms with Crippen LogP contribution in [0.5, 0.6) is 0 Å². The summed E-state index contributed by atoms with van der Waals surface area (Å²) in [6.45, 7) is 16.8. The minimum Gasteiger partial charge on any atom is -0.463 e. The smallest absolute Gasteiger partial charge is 0.411 e. The number of anilines is 1. The molecule has 6 rings (SSSR count). The van der Waals surface area contributed by atoms with Crippen molar-refractivity contribution >= 4 is 35.7 Å². The minimum absolute atomic E-state index is 0.145. The minimum atomic E-state index is -1.28. The first-order valence-corrected chi connectivity index (χ1v) is 22.5. The standard InChI is InChI=1S/C48H69NO11/c1-27(2)11-10-12-28(3)38-19-20-39-37-18-15-34-25-36(21-23-47(34,8)40(37)22-24-48(38,39)9)59-46(54)49-35-16-13-33(14-17-35)42-44(57-31(6)52)45(58-32(7)53)43(56-30(5)51)41(60-42)26-55-29(4)50/h13-17,27-28,36-45H,10-12,18-26H2,1-9H3,(H,49,54)/t28-,36+,37+,38-,39+,40+,41-,42+,43+,44+,45+,47+,48-/m1/s1. The Balaban J connectivity index is 1.09. The van der Waals surface area contributed by atoms with Gasteiger partial charge >= 0.3 is 30.0 Å². The number of hydrogen-bond donors (Lipinski definition) is 1. The number of amides is 1. The van der Waals surface area contributed by atoms with E-state index in [0.717, 1.165) is 55.3 Å². The summed E-state index contributed by atoms with van der Waals surface area (Å²) >= 11 is 0. The van der Waals surface area contributed by atoms with Crippen LogP contribution in [0.1, 0.15) is 145 Å². The maximum absolute atomic E-state index is 13.3. The van der Waals surface area contributed by atoms with E-state index in [0.29, 0.717) is 22.6 Å². The summed E-state index contributed by atoms with van der Waals surface area (Å²) in [7, 11) is 0. The van der Waals surface area contributed by atoms with Crippen molar-refractivity contribution in [1.29, 1.82) is 0 Å². The molecule has 13 atom stereocenters. The van der Waals surface area contributed by atoms with Gasteiger partial charge in [-0.2, -0.15) is 0 Å². The second-order valence-electron chi connectivity index (χ2n) is 19.4. The van der Waals surface area contributed by atoms with E-state index in [1.807, 2.05) is 0 Å². The molecule has 4 fully saturated rings. The zero-order valence-electron chi connectivity index (χ0n) is 37.3. The molecule has 1 aliphatic heterocycles. The molecule has 0 unspecified atom stereocenters. The first-order chi connectivity index (χ1) is 28.4. The van der Waals surface area contributed by atoms with Crippen molar-refractivity contribution in [2.24, 2.45) is 46.3 Å². The number of ether oxygens (including phenoxy) is 6. The number of allylic oxidation sites excluding steroid dienone is 1. The molecule has 332 valence electrons. The summed E-state index contributed by atoms with van der Waals surface area (Å²) < 4.78 is 34.2. The van der Waals surface area contributed by atoms with Gasteiger partial charge in [-0.15, -0.1) is 0 Å². The summed E-state index contributed by atoms with van der Waals surface area (Å²) in [6, 6.07) is 6.70. The number of carbonyl (C=O) groups excluding carboxylic acids is 5. The molecular formula is C48H69NO11. The van der Waals surface area contributed by atoms with Crippen LogP contribution in [0.25, 0.3) is 0 Å². The average Bonchev–Trinajstić information content (AvgIpc) is 3.53. The van der Waals surface area contributed by atoms with E-state index < -0.39 is 60.5 Å². The van der Waals surface area contributed by atoms with Gasteiger partial charge in [-0.1, -0.05) is 77.7 Å². The fraction of sp³-hybridized carbons (Fsp3) is 0.729. The number of fused-ring (bicyclic) bond motifs is 5. The van der Waals surface area contributed by atoms with Crippen LogP contribution >= 0.6 is 0 Å². The van der Waals surface area contributed by atoms with Crippen LogP contribution in [-0.4, -0.2) is 67.1 Å². The third kappa shape index (κ3) is 10.1. The summed E-state index contributed by atoms with van der Waals surface area (Å²) in [5.41, 5.74) is 3.03. The van der Waals surface area contributed by atoms with Crippen LogP contribution in [-0.2, 0) is 47.6 Å². The highest BCUT2D eigenvalue weighted by atomic mass is 16.7. The van der Waals surface area contributed by atoms with Gasteiger partial charge in [-0.25, -0.2) is 4.79 Å². The molecule has 1 aromatic rings. The second-order valence-corrected chi connectivity index (χ2v) is 19.4. The highest BCUT2D eigenvalue weighted by molar-refractivity contribution is 5.84. The van der Waals surface area contributed by atoms with Crippen molar-refractivity contribution in [3.8, 4) is 0 Å². The number of nitrogens with one attached hydrogen (secondary N) is 1. The molecular weight excluding hydrogens is 767 g/mol. The van der Waals surface area contributed by atoms with Crippen molar-refractivity contribution in [1.82, 2.24) is 0 Å². The molecule has 1 amide bonds. The van der Waals surface area contributed by atoms with Crippen LogP contribution in [0.3, 0.4) is 0 Å². The van der Waals surface area contributed by atoms with Gasteiger partial charge in [0.05, 0.1) is 0 Å². The quantitative estimate of drug-likeness (QED) is 0.115. The first-order valence-electron chi connectivity index (χ1n) is 22.5. The summed E-state index contributed by atoms with van der Waals surface area (Å²) in [6.07, 6.45) is 9.05. The van der Waals surface area contributed by atoms with Gasteiger partial charge in [0.1, 0.15) is 24.9 Å². The Morgan fingerprint density at radius 2 is 1.43 bits per heavy atom. The number of benzene rings is 1. The molecule has 0 aromatic heterocycles. The lowest BCUT2D eigenvalue weighted by Gasteiger charge is -2.58. The van der Waals surface area contributed by atoms with Crippen molar-refractivity contribution in [2.45, 2.75) is 170 Å². The Hall–Kier alpha value is -3.93. The molecule has 12 heteroatoms. The fourth-order valence-electron chi connectivity index (χ4n) is 12.3. The molecule has 3 saturated carbocycles. The van der Waals surface area contributed by atoms with Gasteiger partial charge in [0, 0.05) is 39.8 Å². The molecule has 4 aliphatic carbocycles. The van der Waals surface area contributed by atoms with E-state index >= 15 is 0 Å². The number of esters is 4. The maximum Gasteiger partial charge on any atom is 0.411 e. The Bertz CT molecular complexity index is 1760. The van der Waals surface area contributed by atoms with Gasteiger partial charge in [0.15, 0.2) is 18.3 Å². The lowest BCUT2D eigenvalue weighted by molar-refractivity contribution is -0.254. The van der Waals surface area contributed by atoms with Crippen LogP contribution in [0, 0.1) is 46.3 Å². The number of hydrogen-bond acceptors (Lipinski definition) is 11. The van der Waals surface area contributed by atoms with E-state index in [1.165, 1.54) is 78.2 Å². The Morgan fingerprint density at radius 3 is 2.08 bits per heavy atom. The molecule has 0 radical (unpaired) electrons. The Kier molecular flexibility index (Phi) is 14.4. The predicted molar refractivity (Wildman–Crippen MR) is 224 cm³/mol. The summed E-state index contributed by atoms with van der Waals surface area (Å²) in [5.74, 6) is 1.93. The lowest BCUT2D eigenvalue weighted by atomic mass is 9.47. The number of rotatable bonds is 13. The largest absolute Gasteiger partial charge is 0.463 e. The number of carbonyl (C=O) groups is 5. The SMILES string of the molecule is CC(=O)OC[C@H]1O[C@@H](c2ccc(NC(=O)O[C@H]3CC[C@@]4(C)C(=CC[C@H]5[C@@H]6CC[C@H]([C@H](C)CCCC(C)C)[C@@]6(C)CC[C@@H]54)C3)cc2)[C@H](OC(C)=O)[C@@H](OC(C)=O)[C@H]1OC(C)=O. The summed E-state index contributed by atoms with van der Waals surface area (Å²) in [5, 5.41) is 2.86. The summed E-state index contributed by atoms with van der Waals surface area (Å²) in [4.78, 5) is 61.7. The first kappa shape index (κ1) is 45.6.